The quantitative estimate of drug-likeness (QED) is 0.184. The van der Waals surface area contributed by atoms with Crippen LogP contribution in [-0.2, 0) is 0 Å². The van der Waals surface area contributed by atoms with Crippen LogP contribution >= 0.6 is 22.7 Å². The van der Waals surface area contributed by atoms with Crippen LogP contribution in [0.3, 0.4) is 0 Å². The van der Waals surface area contributed by atoms with E-state index < -0.39 is 0 Å². The van der Waals surface area contributed by atoms with Crippen molar-refractivity contribution in [2.45, 2.75) is 0 Å². The van der Waals surface area contributed by atoms with Gasteiger partial charge in [0.15, 0.2) is 23.1 Å². The third kappa shape index (κ3) is 4.59. The molecular weight excluding hydrogens is 665 g/mol. The van der Waals surface area contributed by atoms with Crippen molar-refractivity contribution in [2.24, 2.45) is 0 Å². The van der Waals surface area contributed by atoms with E-state index >= 15 is 0 Å². The van der Waals surface area contributed by atoms with E-state index in [9.17, 15) is 0 Å². The first kappa shape index (κ1) is 28.5. The number of thiophene rings is 2. The highest BCUT2D eigenvalue weighted by molar-refractivity contribution is 7.26. The standard InChI is InChI=1S/C44H24N4OS2/c1-3-9-26(10-4-1)41-46-42(48-43(47-41)29-18-20-35-32(24-29)30-13-7-8-14-34(30)50-35)28-16-15-25-17-21-36-38(31(25)23-28)39-37(51-36)22-19-33-40(39)49-44(45-33)27-11-5-2-6-12-27/h1-24H. The normalized spacial score (nSPS) is 11.9. The topological polar surface area (TPSA) is 64.7 Å². The van der Waals surface area contributed by atoms with Crippen LogP contribution in [0, 0.1) is 0 Å². The Kier molecular flexibility index (Phi) is 6.22. The Morgan fingerprint density at radius 2 is 0.961 bits per heavy atom. The van der Waals surface area contributed by atoms with Crippen LogP contribution in [0.5, 0.6) is 0 Å². The molecule has 0 fully saturated rings. The van der Waals surface area contributed by atoms with Gasteiger partial charge in [-0.15, -0.1) is 22.7 Å². The molecule has 0 N–H and O–H groups in total. The highest BCUT2D eigenvalue weighted by Crippen LogP contribution is 2.44. The molecule has 0 unspecified atom stereocenters. The zero-order chi connectivity index (χ0) is 33.5. The van der Waals surface area contributed by atoms with Crippen LogP contribution in [0.1, 0.15) is 0 Å². The van der Waals surface area contributed by atoms with Crippen LogP contribution in [0.4, 0.5) is 0 Å². The molecule has 0 saturated carbocycles. The summed E-state index contributed by atoms with van der Waals surface area (Å²) >= 11 is 3.58. The predicted octanol–water partition coefficient (Wildman–Crippen LogP) is 12.6. The fourth-order valence-electron chi connectivity index (χ4n) is 7.12. The summed E-state index contributed by atoms with van der Waals surface area (Å²) in [4.78, 5) is 20.2. The zero-order valence-electron chi connectivity index (χ0n) is 26.9. The second-order valence-corrected chi connectivity index (χ2v) is 14.8. The fraction of sp³-hybridized carbons (Fsp3) is 0. The number of fused-ring (bicyclic) bond motifs is 10. The molecule has 0 aliphatic carbocycles. The monoisotopic (exact) mass is 688 g/mol. The van der Waals surface area contributed by atoms with Gasteiger partial charge in [-0.3, -0.25) is 0 Å². The number of rotatable bonds is 4. The second kappa shape index (κ2) is 11.1. The van der Waals surface area contributed by atoms with E-state index in [-0.39, 0.29) is 0 Å². The van der Waals surface area contributed by atoms with Crippen LogP contribution in [0.2, 0.25) is 0 Å². The van der Waals surface area contributed by atoms with Crippen LogP contribution < -0.4 is 0 Å². The van der Waals surface area contributed by atoms with Crippen molar-refractivity contribution in [3.8, 4) is 45.6 Å². The summed E-state index contributed by atoms with van der Waals surface area (Å²) in [6.45, 7) is 0. The second-order valence-electron chi connectivity index (χ2n) is 12.6. The molecular formula is C44H24N4OS2. The van der Waals surface area contributed by atoms with Gasteiger partial charge in [0, 0.05) is 62.6 Å². The number of nitrogens with zero attached hydrogens (tertiary/aromatic N) is 4. The Morgan fingerprint density at radius 3 is 1.76 bits per heavy atom. The lowest BCUT2D eigenvalue weighted by Gasteiger charge is -2.10. The van der Waals surface area contributed by atoms with Gasteiger partial charge < -0.3 is 4.42 Å². The van der Waals surface area contributed by atoms with E-state index in [0.717, 1.165) is 59.6 Å². The number of oxazole rings is 1. The van der Waals surface area contributed by atoms with E-state index in [1.165, 1.54) is 24.9 Å². The van der Waals surface area contributed by atoms with Crippen molar-refractivity contribution in [3.05, 3.63) is 146 Å². The molecule has 11 rings (SSSR count). The minimum Gasteiger partial charge on any atom is -0.435 e. The number of hydrogen-bond donors (Lipinski definition) is 0. The molecule has 0 atom stereocenters. The summed E-state index contributed by atoms with van der Waals surface area (Å²) in [5, 5.41) is 6.96. The number of benzene rings is 7. The molecule has 0 saturated heterocycles. The van der Waals surface area contributed by atoms with Crippen molar-refractivity contribution in [1.29, 1.82) is 0 Å². The Morgan fingerprint density at radius 1 is 0.392 bits per heavy atom. The summed E-state index contributed by atoms with van der Waals surface area (Å²) in [6, 6.07) is 50.4. The molecule has 5 nitrogen and oxygen atoms in total. The molecule has 7 heteroatoms. The summed E-state index contributed by atoms with van der Waals surface area (Å²) in [6.07, 6.45) is 0. The third-order valence-electron chi connectivity index (χ3n) is 9.55. The maximum atomic E-state index is 6.54. The first-order valence-electron chi connectivity index (χ1n) is 16.7. The van der Waals surface area contributed by atoms with E-state index in [4.69, 9.17) is 24.4 Å². The zero-order valence-corrected chi connectivity index (χ0v) is 28.5. The number of hydrogen-bond acceptors (Lipinski definition) is 7. The minimum absolute atomic E-state index is 0.623. The predicted molar refractivity (Wildman–Crippen MR) is 212 cm³/mol. The largest absolute Gasteiger partial charge is 0.435 e. The molecule has 0 amide bonds. The Hall–Kier alpha value is -6.28. The molecule has 0 radical (unpaired) electrons. The molecule has 0 aliphatic heterocycles. The fourth-order valence-corrected chi connectivity index (χ4v) is 9.32. The summed E-state index contributed by atoms with van der Waals surface area (Å²) in [7, 11) is 0. The average Bonchev–Trinajstić information content (AvgIpc) is 3.91. The smallest absolute Gasteiger partial charge is 0.227 e. The van der Waals surface area contributed by atoms with Crippen LogP contribution in [0.25, 0.3) is 108 Å². The Balaban J connectivity index is 1.13. The third-order valence-corrected chi connectivity index (χ3v) is 11.8. The molecule has 238 valence electrons. The van der Waals surface area contributed by atoms with E-state index in [1.807, 2.05) is 60.7 Å². The van der Waals surface area contributed by atoms with Crippen molar-refractivity contribution in [2.75, 3.05) is 0 Å². The van der Waals surface area contributed by atoms with Crippen molar-refractivity contribution in [3.63, 3.8) is 0 Å². The minimum atomic E-state index is 0.623. The van der Waals surface area contributed by atoms with Crippen LogP contribution in [-0.4, -0.2) is 19.9 Å². The first-order valence-corrected chi connectivity index (χ1v) is 18.3. The molecule has 0 bridgehead atoms. The van der Waals surface area contributed by atoms with E-state index in [1.54, 1.807) is 22.7 Å². The lowest BCUT2D eigenvalue weighted by atomic mass is 10.0. The molecule has 4 aromatic heterocycles. The van der Waals surface area contributed by atoms with Gasteiger partial charge in [0.25, 0.3) is 0 Å². The lowest BCUT2D eigenvalue weighted by Crippen LogP contribution is -2.00. The van der Waals surface area contributed by atoms with Crippen LogP contribution in [0.15, 0.2) is 150 Å². The molecule has 4 heterocycles. The van der Waals surface area contributed by atoms with Gasteiger partial charge in [-0.2, -0.15) is 0 Å². The molecule has 11 aromatic rings. The van der Waals surface area contributed by atoms with Gasteiger partial charge in [-0.1, -0.05) is 84.9 Å². The average molecular weight is 689 g/mol. The van der Waals surface area contributed by atoms with E-state index in [2.05, 4.69) is 84.9 Å². The van der Waals surface area contributed by atoms with Gasteiger partial charge in [0.05, 0.1) is 0 Å². The summed E-state index contributed by atoms with van der Waals surface area (Å²) in [5.41, 5.74) is 5.44. The summed E-state index contributed by atoms with van der Waals surface area (Å²) < 4.78 is 11.4. The lowest BCUT2D eigenvalue weighted by molar-refractivity contribution is 0.623. The maximum absolute atomic E-state index is 6.54. The van der Waals surface area contributed by atoms with Crippen molar-refractivity contribution in [1.82, 2.24) is 19.9 Å². The molecule has 0 spiro atoms. The van der Waals surface area contributed by atoms with Crippen molar-refractivity contribution < 1.29 is 4.42 Å². The maximum Gasteiger partial charge on any atom is 0.227 e. The van der Waals surface area contributed by atoms with Gasteiger partial charge >= 0.3 is 0 Å². The van der Waals surface area contributed by atoms with Gasteiger partial charge in [0.1, 0.15) is 5.52 Å². The molecule has 51 heavy (non-hydrogen) atoms. The highest BCUT2D eigenvalue weighted by atomic mass is 32.1. The molecule has 0 aliphatic rings. The van der Waals surface area contributed by atoms with E-state index in [0.29, 0.717) is 23.4 Å². The first-order chi connectivity index (χ1) is 25.2. The molecule has 7 aromatic carbocycles. The summed E-state index contributed by atoms with van der Waals surface area (Å²) in [5.74, 6) is 2.54. The Labute approximate surface area is 299 Å². The van der Waals surface area contributed by atoms with Gasteiger partial charge in [-0.05, 0) is 71.4 Å². The van der Waals surface area contributed by atoms with Crippen molar-refractivity contribution >= 4 is 84.9 Å². The van der Waals surface area contributed by atoms with Gasteiger partial charge in [-0.25, -0.2) is 19.9 Å². The highest BCUT2D eigenvalue weighted by Gasteiger charge is 2.19. The Bertz CT molecular complexity index is 3150. The van der Waals surface area contributed by atoms with Gasteiger partial charge in [0.2, 0.25) is 5.89 Å². The number of aromatic nitrogens is 4. The SMILES string of the molecule is c1ccc(-c2nc(-c3ccc4sc5ccccc5c4c3)nc(-c3ccc4ccc5sc6ccc7nc(-c8ccccc8)oc7c6c5c4c3)n2)cc1.